The zero-order chi connectivity index (χ0) is 12.8. The maximum absolute atomic E-state index is 5.76. The molecule has 0 amide bonds. The van der Waals surface area contributed by atoms with Crippen molar-refractivity contribution in [3.8, 4) is 0 Å². The van der Waals surface area contributed by atoms with Crippen molar-refractivity contribution in [3.05, 3.63) is 23.2 Å². The lowest BCUT2D eigenvalue weighted by molar-refractivity contribution is 0.179. The molecule has 0 saturated heterocycles. The van der Waals surface area contributed by atoms with Gasteiger partial charge in [0.25, 0.3) is 0 Å². The summed E-state index contributed by atoms with van der Waals surface area (Å²) in [5.74, 6) is 2.21. The van der Waals surface area contributed by atoms with Crippen LogP contribution in [0.1, 0.15) is 24.0 Å². The molecule has 0 saturated carbocycles. The number of nitrogens with zero attached hydrogens (tertiary/aromatic N) is 1. The first-order valence-corrected chi connectivity index (χ1v) is 5.64. The molecule has 0 bridgehead atoms. The number of aryl methyl sites for hydroxylation is 2. The van der Waals surface area contributed by atoms with Crippen LogP contribution in [0.2, 0.25) is 0 Å². The van der Waals surface area contributed by atoms with Gasteiger partial charge in [0.15, 0.2) is 5.96 Å². The molecule has 0 radical (unpaired) electrons. The Hall–Kier alpha value is -0.760. The third-order valence-corrected chi connectivity index (χ3v) is 2.37. The zero-order valence-electron chi connectivity index (χ0n) is 11.3. The molecule has 0 spiro atoms. The van der Waals surface area contributed by atoms with Gasteiger partial charge < -0.3 is 20.2 Å². The van der Waals surface area contributed by atoms with Crippen molar-refractivity contribution in [2.45, 2.75) is 33.4 Å². The largest absolute Gasteiger partial charge is 0.466 e. The number of halogens is 1. The van der Waals surface area contributed by atoms with E-state index >= 15 is 0 Å². The van der Waals surface area contributed by atoms with Crippen molar-refractivity contribution >= 4 is 29.9 Å². The lowest BCUT2D eigenvalue weighted by Crippen LogP contribution is -2.40. The van der Waals surface area contributed by atoms with Crippen LogP contribution in [0.5, 0.6) is 0 Å². The Morgan fingerprint density at radius 1 is 1.56 bits per heavy atom. The standard InChI is InChI=1S/C12H21N3O2.HI/c1-8(7-16-4)15-12(13)14-6-11-5-9(2)17-10(11)3;/h5,8H,6-7H2,1-4H3,(H3,13,14,15);1H. The average molecular weight is 367 g/mol. The summed E-state index contributed by atoms with van der Waals surface area (Å²) in [6.07, 6.45) is 0. The van der Waals surface area contributed by atoms with Gasteiger partial charge in [0.05, 0.1) is 13.2 Å². The molecule has 1 heterocycles. The first-order chi connectivity index (χ1) is 8.02. The molecular formula is C12H22IN3O2. The highest BCUT2D eigenvalue weighted by Crippen LogP contribution is 2.14. The van der Waals surface area contributed by atoms with Crippen LogP contribution in [0.4, 0.5) is 0 Å². The third-order valence-electron chi connectivity index (χ3n) is 2.37. The predicted octanol–water partition coefficient (Wildman–Crippen LogP) is 1.95. The molecule has 18 heavy (non-hydrogen) atoms. The van der Waals surface area contributed by atoms with Crippen LogP contribution in [0, 0.1) is 13.8 Å². The monoisotopic (exact) mass is 367 g/mol. The van der Waals surface area contributed by atoms with Crippen molar-refractivity contribution in [1.29, 1.82) is 0 Å². The SMILES string of the molecule is COCC(C)NC(N)=NCc1cc(C)oc1C.I. The summed E-state index contributed by atoms with van der Waals surface area (Å²) in [4.78, 5) is 4.26. The molecule has 0 aliphatic carbocycles. The summed E-state index contributed by atoms with van der Waals surface area (Å²) in [6.45, 7) is 6.96. The van der Waals surface area contributed by atoms with Crippen molar-refractivity contribution in [3.63, 3.8) is 0 Å². The summed E-state index contributed by atoms with van der Waals surface area (Å²) in [7, 11) is 1.66. The number of rotatable bonds is 5. The molecule has 0 fully saturated rings. The van der Waals surface area contributed by atoms with Crippen molar-refractivity contribution < 1.29 is 9.15 Å². The minimum atomic E-state index is 0. The minimum Gasteiger partial charge on any atom is -0.466 e. The Bertz CT molecular complexity index is 391. The second-order valence-corrected chi connectivity index (χ2v) is 4.14. The average Bonchev–Trinajstić information content (AvgIpc) is 2.54. The molecule has 1 atom stereocenters. The van der Waals surface area contributed by atoms with Gasteiger partial charge in [-0.25, -0.2) is 4.99 Å². The van der Waals surface area contributed by atoms with E-state index in [1.807, 2.05) is 26.8 Å². The molecule has 5 nitrogen and oxygen atoms in total. The molecule has 0 aromatic carbocycles. The van der Waals surface area contributed by atoms with Gasteiger partial charge in [-0.2, -0.15) is 0 Å². The lowest BCUT2D eigenvalue weighted by Gasteiger charge is -2.12. The molecule has 104 valence electrons. The topological polar surface area (TPSA) is 72.8 Å². The number of methoxy groups -OCH3 is 1. The molecule has 1 aromatic rings. The van der Waals surface area contributed by atoms with Crippen LogP contribution in [0.25, 0.3) is 0 Å². The molecular weight excluding hydrogens is 345 g/mol. The smallest absolute Gasteiger partial charge is 0.189 e. The zero-order valence-corrected chi connectivity index (χ0v) is 13.6. The summed E-state index contributed by atoms with van der Waals surface area (Å²) in [5.41, 5.74) is 6.82. The fourth-order valence-corrected chi connectivity index (χ4v) is 1.60. The van der Waals surface area contributed by atoms with Crippen molar-refractivity contribution in [2.24, 2.45) is 10.7 Å². The maximum Gasteiger partial charge on any atom is 0.189 e. The Labute approximate surface area is 125 Å². The van der Waals surface area contributed by atoms with E-state index in [4.69, 9.17) is 14.9 Å². The van der Waals surface area contributed by atoms with Crippen LogP contribution in [0.15, 0.2) is 15.5 Å². The van der Waals surface area contributed by atoms with Gasteiger partial charge in [0.1, 0.15) is 11.5 Å². The van der Waals surface area contributed by atoms with E-state index in [-0.39, 0.29) is 30.0 Å². The number of guanidine groups is 1. The fraction of sp³-hybridized carbons (Fsp3) is 0.583. The fourth-order valence-electron chi connectivity index (χ4n) is 1.60. The molecule has 6 heteroatoms. The van der Waals surface area contributed by atoms with Crippen LogP contribution < -0.4 is 11.1 Å². The quantitative estimate of drug-likeness (QED) is 0.474. The van der Waals surface area contributed by atoms with Crippen molar-refractivity contribution in [2.75, 3.05) is 13.7 Å². The second kappa shape index (κ2) is 8.36. The molecule has 1 aromatic heterocycles. The maximum atomic E-state index is 5.76. The number of ether oxygens (including phenoxy) is 1. The molecule has 3 N–H and O–H groups in total. The first-order valence-electron chi connectivity index (χ1n) is 5.64. The lowest BCUT2D eigenvalue weighted by atomic mass is 10.2. The van der Waals surface area contributed by atoms with E-state index in [9.17, 15) is 0 Å². The number of furan rings is 1. The highest BCUT2D eigenvalue weighted by Gasteiger charge is 2.05. The number of aliphatic imine (C=N–C) groups is 1. The van der Waals surface area contributed by atoms with Crippen molar-refractivity contribution in [1.82, 2.24) is 5.32 Å². The number of nitrogens with one attached hydrogen (secondary N) is 1. The van der Waals surface area contributed by atoms with Crippen LogP contribution in [0.3, 0.4) is 0 Å². The Kier molecular flexibility index (Phi) is 8.01. The predicted molar refractivity (Wildman–Crippen MR) is 83.4 cm³/mol. The van der Waals surface area contributed by atoms with Gasteiger partial charge in [-0.1, -0.05) is 0 Å². The number of hydrogen-bond donors (Lipinski definition) is 2. The van der Waals surface area contributed by atoms with E-state index in [2.05, 4.69) is 10.3 Å². The van der Waals surface area contributed by atoms with E-state index in [0.717, 1.165) is 17.1 Å². The van der Waals surface area contributed by atoms with Gasteiger partial charge in [0.2, 0.25) is 0 Å². The molecule has 1 unspecified atom stereocenters. The Balaban J connectivity index is 0.00000289. The van der Waals surface area contributed by atoms with Crippen LogP contribution >= 0.6 is 24.0 Å². The first kappa shape index (κ1) is 17.2. The Morgan fingerprint density at radius 2 is 2.22 bits per heavy atom. The minimum absolute atomic E-state index is 0. The normalized spacial score (nSPS) is 13.0. The third kappa shape index (κ3) is 5.72. The summed E-state index contributed by atoms with van der Waals surface area (Å²) >= 11 is 0. The van der Waals surface area contributed by atoms with Gasteiger partial charge in [-0.15, -0.1) is 24.0 Å². The number of nitrogens with two attached hydrogens (primary N) is 1. The highest BCUT2D eigenvalue weighted by atomic mass is 127. The highest BCUT2D eigenvalue weighted by molar-refractivity contribution is 14.0. The summed E-state index contributed by atoms with van der Waals surface area (Å²) < 4.78 is 10.4. The van der Waals surface area contributed by atoms with E-state index in [1.165, 1.54) is 0 Å². The Morgan fingerprint density at radius 3 is 2.72 bits per heavy atom. The van der Waals surface area contributed by atoms with E-state index in [0.29, 0.717) is 19.1 Å². The van der Waals surface area contributed by atoms with Gasteiger partial charge in [0, 0.05) is 18.7 Å². The molecule has 1 rings (SSSR count). The van der Waals surface area contributed by atoms with Crippen LogP contribution in [-0.4, -0.2) is 25.7 Å². The number of hydrogen-bond acceptors (Lipinski definition) is 3. The van der Waals surface area contributed by atoms with Crippen LogP contribution in [-0.2, 0) is 11.3 Å². The summed E-state index contributed by atoms with van der Waals surface area (Å²) in [5, 5.41) is 3.05. The second-order valence-electron chi connectivity index (χ2n) is 4.14. The van der Waals surface area contributed by atoms with E-state index < -0.39 is 0 Å². The van der Waals surface area contributed by atoms with E-state index in [1.54, 1.807) is 7.11 Å². The van der Waals surface area contributed by atoms with Gasteiger partial charge >= 0.3 is 0 Å². The molecule has 0 aliphatic rings. The summed E-state index contributed by atoms with van der Waals surface area (Å²) in [6, 6.07) is 2.13. The van der Waals surface area contributed by atoms with Gasteiger partial charge in [-0.3, -0.25) is 0 Å². The molecule has 0 aliphatic heterocycles. The van der Waals surface area contributed by atoms with Gasteiger partial charge in [-0.05, 0) is 26.8 Å².